The molecule has 1 fully saturated rings. The summed E-state index contributed by atoms with van der Waals surface area (Å²) in [5, 5.41) is 3.22. The number of thiocarbonyl (C=S) groups is 1. The van der Waals surface area contributed by atoms with Gasteiger partial charge in [0.25, 0.3) is 0 Å². The molecule has 16 heavy (non-hydrogen) atoms. The number of rotatable bonds is 1. The van der Waals surface area contributed by atoms with Gasteiger partial charge in [0.15, 0.2) is 5.11 Å². The zero-order valence-electron chi connectivity index (χ0n) is 9.95. The number of likely N-dealkylation sites (tertiary alicyclic amines) is 1. The van der Waals surface area contributed by atoms with Crippen LogP contribution < -0.4 is 11.1 Å². The van der Waals surface area contributed by atoms with Gasteiger partial charge in [-0.1, -0.05) is 0 Å². The van der Waals surface area contributed by atoms with Crippen LogP contribution in [0.2, 0.25) is 0 Å². The first-order chi connectivity index (χ1) is 7.28. The molecule has 1 aliphatic rings. The molecule has 0 radical (unpaired) electrons. The fourth-order valence-electron chi connectivity index (χ4n) is 1.57. The van der Waals surface area contributed by atoms with E-state index >= 15 is 0 Å². The lowest BCUT2D eigenvalue weighted by Gasteiger charge is -2.24. The van der Waals surface area contributed by atoms with E-state index in [1.54, 1.807) is 4.90 Å². The molecule has 1 rings (SSSR count). The summed E-state index contributed by atoms with van der Waals surface area (Å²) in [5.41, 5.74) is 4.93. The van der Waals surface area contributed by atoms with Crippen molar-refractivity contribution >= 4 is 23.4 Å². The van der Waals surface area contributed by atoms with Gasteiger partial charge in [0.05, 0.1) is 0 Å². The maximum atomic E-state index is 11.7. The number of amides is 1. The fraction of sp³-hybridized carbons (Fsp3) is 0.800. The second-order valence-electron chi connectivity index (χ2n) is 4.92. The largest absolute Gasteiger partial charge is 0.444 e. The highest BCUT2D eigenvalue weighted by Crippen LogP contribution is 2.15. The molecule has 1 heterocycles. The number of carbonyl (C=O) groups is 1. The summed E-state index contributed by atoms with van der Waals surface area (Å²) in [7, 11) is 0. The minimum Gasteiger partial charge on any atom is -0.444 e. The molecule has 6 heteroatoms. The minimum absolute atomic E-state index is 0.144. The van der Waals surface area contributed by atoms with E-state index in [2.05, 4.69) is 5.32 Å². The Labute approximate surface area is 101 Å². The zero-order valence-corrected chi connectivity index (χ0v) is 10.8. The minimum atomic E-state index is -0.453. The van der Waals surface area contributed by atoms with Gasteiger partial charge in [-0.05, 0) is 39.4 Å². The van der Waals surface area contributed by atoms with E-state index in [0.717, 1.165) is 6.42 Å². The molecular formula is C10H19N3O2S. The van der Waals surface area contributed by atoms with Crippen molar-refractivity contribution in [3.05, 3.63) is 0 Å². The van der Waals surface area contributed by atoms with Gasteiger partial charge in [-0.15, -0.1) is 0 Å². The fourth-order valence-corrected chi connectivity index (χ4v) is 1.74. The quantitative estimate of drug-likeness (QED) is 0.670. The van der Waals surface area contributed by atoms with Crippen molar-refractivity contribution in [1.82, 2.24) is 10.2 Å². The maximum Gasteiger partial charge on any atom is 0.410 e. The third-order valence-electron chi connectivity index (χ3n) is 2.19. The number of carbonyl (C=O) groups excluding carboxylic acids is 1. The van der Waals surface area contributed by atoms with Gasteiger partial charge in [-0.3, -0.25) is 0 Å². The Balaban J connectivity index is 2.41. The lowest BCUT2D eigenvalue weighted by Crippen LogP contribution is -2.42. The third kappa shape index (κ3) is 4.22. The summed E-state index contributed by atoms with van der Waals surface area (Å²) < 4.78 is 5.27. The highest BCUT2D eigenvalue weighted by Gasteiger charge is 2.29. The Morgan fingerprint density at radius 2 is 2.19 bits per heavy atom. The predicted octanol–water partition coefficient (Wildman–Crippen LogP) is 0.829. The number of nitrogens with one attached hydrogen (secondary N) is 1. The Kier molecular flexibility index (Phi) is 3.96. The molecule has 0 aliphatic carbocycles. The number of nitrogens with two attached hydrogens (primary N) is 1. The first-order valence-corrected chi connectivity index (χ1v) is 5.72. The lowest BCUT2D eigenvalue weighted by molar-refractivity contribution is 0.0292. The van der Waals surface area contributed by atoms with Crippen molar-refractivity contribution in [2.45, 2.75) is 38.8 Å². The van der Waals surface area contributed by atoms with Gasteiger partial charge < -0.3 is 20.7 Å². The van der Waals surface area contributed by atoms with Gasteiger partial charge in [0, 0.05) is 19.1 Å². The van der Waals surface area contributed by atoms with Crippen LogP contribution in [-0.4, -0.2) is 40.8 Å². The van der Waals surface area contributed by atoms with Gasteiger partial charge >= 0.3 is 6.09 Å². The van der Waals surface area contributed by atoms with Crippen molar-refractivity contribution in [3.8, 4) is 0 Å². The second-order valence-corrected chi connectivity index (χ2v) is 5.36. The van der Waals surface area contributed by atoms with Crippen LogP contribution in [0.4, 0.5) is 4.79 Å². The average Bonchev–Trinajstić information content (AvgIpc) is 2.48. The lowest BCUT2D eigenvalue weighted by atomic mass is 10.2. The van der Waals surface area contributed by atoms with Crippen LogP contribution >= 0.6 is 12.2 Å². The van der Waals surface area contributed by atoms with E-state index in [1.165, 1.54) is 0 Å². The van der Waals surface area contributed by atoms with Crippen LogP contribution in [0.25, 0.3) is 0 Å². The first kappa shape index (κ1) is 13.0. The molecule has 1 saturated heterocycles. The Morgan fingerprint density at radius 3 is 2.69 bits per heavy atom. The molecular weight excluding hydrogens is 226 g/mol. The van der Waals surface area contributed by atoms with Crippen LogP contribution in [-0.2, 0) is 4.74 Å². The standard InChI is InChI=1S/C10H19N3O2S/c1-10(2,3)15-9(14)13-5-4-7(6-13)12-8(11)16/h7H,4-6H2,1-3H3,(H3,11,12,16). The SMILES string of the molecule is CC(C)(C)OC(=O)N1CCC(NC(N)=S)C1. The summed E-state index contributed by atoms with van der Waals surface area (Å²) in [6.45, 7) is 6.82. The van der Waals surface area contributed by atoms with Crippen molar-refractivity contribution in [3.63, 3.8) is 0 Å². The van der Waals surface area contributed by atoms with E-state index in [4.69, 9.17) is 22.7 Å². The van der Waals surface area contributed by atoms with Gasteiger partial charge in [-0.2, -0.15) is 0 Å². The Hall–Kier alpha value is -1.04. The molecule has 0 saturated carbocycles. The third-order valence-corrected chi connectivity index (χ3v) is 2.30. The van der Waals surface area contributed by atoms with Crippen molar-refractivity contribution < 1.29 is 9.53 Å². The molecule has 0 aromatic heterocycles. The van der Waals surface area contributed by atoms with Crippen LogP contribution in [0.1, 0.15) is 27.2 Å². The smallest absolute Gasteiger partial charge is 0.410 e. The van der Waals surface area contributed by atoms with E-state index in [1.807, 2.05) is 20.8 Å². The van der Waals surface area contributed by atoms with E-state index in [-0.39, 0.29) is 17.2 Å². The molecule has 1 aliphatic heterocycles. The van der Waals surface area contributed by atoms with Crippen molar-refractivity contribution in [2.75, 3.05) is 13.1 Å². The molecule has 0 aromatic rings. The number of nitrogens with zero attached hydrogens (tertiary/aromatic N) is 1. The summed E-state index contributed by atoms with van der Waals surface area (Å²) in [6, 6.07) is 0.144. The average molecular weight is 245 g/mol. The number of hydrogen-bond acceptors (Lipinski definition) is 3. The van der Waals surface area contributed by atoms with Crippen molar-refractivity contribution in [1.29, 1.82) is 0 Å². The summed E-state index contributed by atoms with van der Waals surface area (Å²) in [5.74, 6) is 0. The second kappa shape index (κ2) is 4.86. The van der Waals surface area contributed by atoms with E-state index in [0.29, 0.717) is 13.1 Å². The highest BCUT2D eigenvalue weighted by molar-refractivity contribution is 7.80. The van der Waals surface area contributed by atoms with E-state index < -0.39 is 5.60 Å². The van der Waals surface area contributed by atoms with Crippen molar-refractivity contribution in [2.24, 2.45) is 5.73 Å². The maximum absolute atomic E-state index is 11.7. The summed E-state index contributed by atoms with van der Waals surface area (Å²) in [4.78, 5) is 13.4. The Bertz CT molecular complexity index is 288. The molecule has 3 N–H and O–H groups in total. The highest BCUT2D eigenvalue weighted by atomic mass is 32.1. The van der Waals surface area contributed by atoms with Gasteiger partial charge in [0.1, 0.15) is 5.60 Å². The molecule has 0 aromatic carbocycles. The van der Waals surface area contributed by atoms with Crippen LogP contribution in [0, 0.1) is 0 Å². The molecule has 92 valence electrons. The molecule has 1 atom stereocenters. The molecule has 1 unspecified atom stereocenters. The monoisotopic (exact) mass is 245 g/mol. The summed E-state index contributed by atoms with van der Waals surface area (Å²) in [6.07, 6.45) is 0.566. The van der Waals surface area contributed by atoms with Crippen LogP contribution in [0.3, 0.4) is 0 Å². The predicted molar refractivity (Wildman–Crippen MR) is 66.1 cm³/mol. The molecule has 1 amide bonds. The topological polar surface area (TPSA) is 67.6 Å². The molecule has 0 bridgehead atoms. The van der Waals surface area contributed by atoms with Crippen LogP contribution in [0.15, 0.2) is 0 Å². The Morgan fingerprint density at radius 1 is 1.56 bits per heavy atom. The summed E-state index contributed by atoms with van der Waals surface area (Å²) >= 11 is 4.76. The van der Waals surface area contributed by atoms with Gasteiger partial charge in [-0.25, -0.2) is 4.79 Å². The normalized spacial score (nSPS) is 20.7. The van der Waals surface area contributed by atoms with Crippen LogP contribution in [0.5, 0.6) is 0 Å². The molecule has 5 nitrogen and oxygen atoms in total. The van der Waals surface area contributed by atoms with Gasteiger partial charge in [0.2, 0.25) is 0 Å². The zero-order chi connectivity index (χ0) is 12.3. The number of hydrogen-bond donors (Lipinski definition) is 2. The first-order valence-electron chi connectivity index (χ1n) is 5.32. The number of ether oxygens (including phenoxy) is 1. The molecule has 0 spiro atoms. The van der Waals surface area contributed by atoms with E-state index in [9.17, 15) is 4.79 Å².